The van der Waals surface area contributed by atoms with Crippen molar-refractivity contribution < 1.29 is 13.2 Å². The number of thiophene rings is 1. The zero-order chi connectivity index (χ0) is 17.2. The molecule has 0 spiro atoms. The molecule has 0 aliphatic carbocycles. The van der Waals surface area contributed by atoms with Crippen LogP contribution in [0.15, 0.2) is 16.3 Å². The number of aryl methyl sites for hydroxylation is 1. The van der Waals surface area contributed by atoms with Gasteiger partial charge in [-0.05, 0) is 44.7 Å². The summed E-state index contributed by atoms with van der Waals surface area (Å²) in [6.45, 7) is 4.54. The van der Waals surface area contributed by atoms with E-state index in [1.54, 1.807) is 10.4 Å². The van der Waals surface area contributed by atoms with E-state index in [0.29, 0.717) is 30.1 Å². The number of hydrogen-bond donors (Lipinski definition) is 0. The predicted molar refractivity (Wildman–Crippen MR) is 95.6 cm³/mol. The van der Waals surface area contributed by atoms with Gasteiger partial charge in [0.2, 0.25) is 5.91 Å². The molecule has 0 aromatic carbocycles. The summed E-state index contributed by atoms with van der Waals surface area (Å²) in [5, 5.41) is 0. The fraction of sp³-hybridized carbons (Fsp3) is 0.706. The molecule has 3 rings (SSSR count). The van der Waals surface area contributed by atoms with Crippen LogP contribution in [0, 0.1) is 12.8 Å². The van der Waals surface area contributed by atoms with Crippen molar-refractivity contribution in [2.45, 2.75) is 49.7 Å². The summed E-state index contributed by atoms with van der Waals surface area (Å²) in [5.41, 5.74) is 0. The molecule has 134 valence electrons. The first-order valence-electron chi connectivity index (χ1n) is 8.84. The zero-order valence-electron chi connectivity index (χ0n) is 14.2. The normalized spacial score (nSPS) is 21.6. The number of carbonyl (C=O) groups excluding carboxylic acids is 1. The molecule has 1 aromatic rings. The Balaban J connectivity index is 1.60. The lowest BCUT2D eigenvalue weighted by Gasteiger charge is -2.33. The van der Waals surface area contributed by atoms with Crippen LogP contribution in [0.2, 0.25) is 0 Å². The molecule has 0 atom stereocenters. The fourth-order valence-corrected chi connectivity index (χ4v) is 6.48. The van der Waals surface area contributed by atoms with Crippen LogP contribution < -0.4 is 0 Å². The Morgan fingerprint density at radius 3 is 2.21 bits per heavy atom. The van der Waals surface area contributed by atoms with Crippen LogP contribution in [-0.2, 0) is 14.8 Å². The molecule has 5 nitrogen and oxygen atoms in total. The minimum Gasteiger partial charge on any atom is -0.342 e. The number of hydrogen-bond acceptors (Lipinski definition) is 4. The highest BCUT2D eigenvalue weighted by Crippen LogP contribution is 2.29. The molecule has 1 aromatic heterocycles. The second kappa shape index (κ2) is 7.54. The molecule has 7 heteroatoms. The van der Waals surface area contributed by atoms with Crippen molar-refractivity contribution in [2.75, 3.05) is 26.2 Å². The van der Waals surface area contributed by atoms with E-state index in [0.717, 1.165) is 30.8 Å². The van der Waals surface area contributed by atoms with E-state index in [4.69, 9.17) is 0 Å². The molecule has 0 bridgehead atoms. The number of piperidine rings is 1. The van der Waals surface area contributed by atoms with Gasteiger partial charge in [-0.1, -0.05) is 12.8 Å². The van der Waals surface area contributed by atoms with Gasteiger partial charge in [0.1, 0.15) is 4.21 Å². The number of sulfonamides is 1. The van der Waals surface area contributed by atoms with Gasteiger partial charge in [-0.15, -0.1) is 11.3 Å². The molecule has 1 amide bonds. The van der Waals surface area contributed by atoms with Gasteiger partial charge in [0, 0.05) is 37.0 Å². The lowest BCUT2D eigenvalue weighted by molar-refractivity contribution is -0.136. The minimum atomic E-state index is -3.39. The Labute approximate surface area is 148 Å². The number of amides is 1. The van der Waals surface area contributed by atoms with Gasteiger partial charge >= 0.3 is 0 Å². The topological polar surface area (TPSA) is 57.7 Å². The maximum atomic E-state index is 12.7. The van der Waals surface area contributed by atoms with Gasteiger partial charge < -0.3 is 4.90 Å². The molecule has 0 saturated carbocycles. The van der Waals surface area contributed by atoms with Crippen LogP contribution >= 0.6 is 11.3 Å². The zero-order valence-corrected chi connectivity index (χ0v) is 15.9. The number of carbonyl (C=O) groups is 1. The minimum absolute atomic E-state index is 0.0142. The molecule has 2 aliphatic rings. The molecule has 2 aliphatic heterocycles. The molecule has 0 N–H and O–H groups in total. The fourth-order valence-electron chi connectivity index (χ4n) is 3.57. The summed E-state index contributed by atoms with van der Waals surface area (Å²) in [7, 11) is -3.39. The van der Waals surface area contributed by atoms with Gasteiger partial charge in [0.25, 0.3) is 10.0 Å². The Morgan fingerprint density at radius 1 is 1.04 bits per heavy atom. The summed E-state index contributed by atoms with van der Waals surface area (Å²) in [5.74, 6) is 0.223. The van der Waals surface area contributed by atoms with E-state index in [-0.39, 0.29) is 11.8 Å². The monoisotopic (exact) mass is 370 g/mol. The van der Waals surface area contributed by atoms with Crippen molar-refractivity contribution in [3.8, 4) is 0 Å². The second-order valence-corrected chi connectivity index (χ2v) is 10.2. The Kier molecular flexibility index (Phi) is 5.62. The highest BCUT2D eigenvalue weighted by atomic mass is 32.2. The quantitative estimate of drug-likeness (QED) is 0.822. The van der Waals surface area contributed by atoms with Crippen molar-refractivity contribution in [3.05, 3.63) is 17.0 Å². The highest BCUT2D eigenvalue weighted by Gasteiger charge is 2.34. The first kappa shape index (κ1) is 17.9. The second-order valence-electron chi connectivity index (χ2n) is 6.78. The average molecular weight is 371 g/mol. The average Bonchev–Trinajstić information content (AvgIpc) is 2.86. The molecule has 0 unspecified atom stereocenters. The predicted octanol–water partition coefficient (Wildman–Crippen LogP) is 2.86. The van der Waals surface area contributed by atoms with E-state index in [1.165, 1.54) is 24.2 Å². The summed E-state index contributed by atoms with van der Waals surface area (Å²) in [4.78, 5) is 15.7. The maximum Gasteiger partial charge on any atom is 0.252 e. The lowest BCUT2D eigenvalue weighted by atomic mass is 9.96. The lowest BCUT2D eigenvalue weighted by Crippen LogP contribution is -2.44. The Bertz CT molecular complexity index is 668. The van der Waals surface area contributed by atoms with E-state index in [9.17, 15) is 13.2 Å². The van der Waals surface area contributed by atoms with Crippen LogP contribution in [0.4, 0.5) is 0 Å². The smallest absolute Gasteiger partial charge is 0.252 e. The highest BCUT2D eigenvalue weighted by molar-refractivity contribution is 7.91. The van der Waals surface area contributed by atoms with Crippen LogP contribution in [-0.4, -0.2) is 49.7 Å². The summed E-state index contributed by atoms with van der Waals surface area (Å²) >= 11 is 1.32. The third-order valence-electron chi connectivity index (χ3n) is 5.03. The van der Waals surface area contributed by atoms with Crippen molar-refractivity contribution in [1.29, 1.82) is 0 Å². The van der Waals surface area contributed by atoms with Crippen LogP contribution in [0.5, 0.6) is 0 Å². The summed E-state index contributed by atoms with van der Waals surface area (Å²) in [6.07, 6.45) is 5.88. The van der Waals surface area contributed by atoms with Crippen LogP contribution in [0.1, 0.15) is 43.4 Å². The van der Waals surface area contributed by atoms with E-state index in [1.807, 2.05) is 17.9 Å². The molecule has 24 heavy (non-hydrogen) atoms. The van der Waals surface area contributed by atoms with Gasteiger partial charge in [0.15, 0.2) is 0 Å². The number of nitrogens with zero attached hydrogens (tertiary/aromatic N) is 2. The summed E-state index contributed by atoms with van der Waals surface area (Å²) in [6, 6.07) is 3.52. The van der Waals surface area contributed by atoms with Crippen molar-refractivity contribution >= 4 is 27.3 Å². The Hall–Kier alpha value is -0.920. The third-order valence-corrected chi connectivity index (χ3v) is 8.40. The number of rotatable bonds is 3. The Morgan fingerprint density at radius 2 is 1.67 bits per heavy atom. The van der Waals surface area contributed by atoms with Crippen LogP contribution in [0.3, 0.4) is 0 Å². The van der Waals surface area contributed by atoms with Crippen LogP contribution in [0.25, 0.3) is 0 Å². The van der Waals surface area contributed by atoms with Crippen molar-refractivity contribution in [3.63, 3.8) is 0 Å². The van der Waals surface area contributed by atoms with E-state index in [2.05, 4.69) is 0 Å². The standard InChI is InChI=1S/C17H26N2O3S2/c1-14-6-7-16(23-14)24(21,22)19-12-8-15(9-13-19)17(20)18-10-4-2-3-5-11-18/h6-7,15H,2-5,8-13H2,1H3. The van der Waals surface area contributed by atoms with E-state index >= 15 is 0 Å². The van der Waals surface area contributed by atoms with Gasteiger partial charge in [-0.3, -0.25) is 4.79 Å². The molecule has 0 radical (unpaired) electrons. The van der Waals surface area contributed by atoms with E-state index < -0.39 is 10.0 Å². The number of likely N-dealkylation sites (tertiary alicyclic amines) is 1. The first-order valence-corrected chi connectivity index (χ1v) is 11.1. The van der Waals surface area contributed by atoms with Crippen molar-refractivity contribution in [1.82, 2.24) is 9.21 Å². The SMILES string of the molecule is Cc1ccc(S(=O)(=O)N2CCC(C(=O)N3CCCCCC3)CC2)s1. The first-order chi connectivity index (χ1) is 11.5. The molecular weight excluding hydrogens is 344 g/mol. The maximum absolute atomic E-state index is 12.7. The summed E-state index contributed by atoms with van der Waals surface area (Å²) < 4.78 is 27.3. The van der Waals surface area contributed by atoms with Gasteiger partial charge in [-0.2, -0.15) is 4.31 Å². The molecule has 2 fully saturated rings. The van der Waals surface area contributed by atoms with Gasteiger partial charge in [0.05, 0.1) is 0 Å². The molecule has 2 saturated heterocycles. The molecular formula is C17H26N2O3S2. The largest absolute Gasteiger partial charge is 0.342 e. The van der Waals surface area contributed by atoms with Crippen molar-refractivity contribution in [2.24, 2.45) is 5.92 Å². The third kappa shape index (κ3) is 3.83. The van der Waals surface area contributed by atoms with Gasteiger partial charge in [-0.25, -0.2) is 8.42 Å². The molecule has 3 heterocycles.